The van der Waals surface area contributed by atoms with E-state index in [9.17, 15) is 4.79 Å². The zero-order valence-electron chi connectivity index (χ0n) is 21.3. The van der Waals surface area contributed by atoms with Crippen LogP contribution in [0.25, 0.3) is 0 Å². The van der Waals surface area contributed by atoms with Gasteiger partial charge in [0.2, 0.25) is 0 Å². The van der Waals surface area contributed by atoms with Crippen LogP contribution in [0.4, 0.5) is 0 Å². The topological polar surface area (TPSA) is 44.4 Å². The predicted molar refractivity (Wildman–Crippen MR) is 139 cm³/mol. The molecule has 2 aromatic carbocycles. The minimum absolute atomic E-state index is 0.0292. The zero-order valence-corrected chi connectivity index (χ0v) is 21.3. The molecule has 180 valence electrons. The van der Waals surface area contributed by atoms with Crippen molar-refractivity contribution < 1.29 is 4.79 Å². The van der Waals surface area contributed by atoms with E-state index in [4.69, 9.17) is 0 Å². The average Bonchev–Trinajstić information content (AvgIpc) is 3.58. The Bertz CT molecular complexity index is 917. The van der Waals surface area contributed by atoms with Gasteiger partial charge < -0.3 is 15.5 Å². The highest BCUT2D eigenvalue weighted by Crippen LogP contribution is 2.45. The van der Waals surface area contributed by atoms with Crippen molar-refractivity contribution in [2.45, 2.75) is 71.9 Å². The summed E-state index contributed by atoms with van der Waals surface area (Å²) in [6.07, 6.45) is 5.59. The Hall–Kier alpha value is -2.17. The van der Waals surface area contributed by atoms with Gasteiger partial charge in [0.15, 0.2) is 0 Å². The molecule has 0 bridgehead atoms. The third-order valence-electron chi connectivity index (χ3n) is 6.68. The normalized spacial score (nSPS) is 14.6. The summed E-state index contributed by atoms with van der Waals surface area (Å²) in [4.78, 5) is 15.1. The molecule has 3 rings (SSSR count). The number of benzene rings is 2. The van der Waals surface area contributed by atoms with Crippen LogP contribution in [0.2, 0.25) is 0 Å². The van der Waals surface area contributed by atoms with E-state index < -0.39 is 0 Å². The first-order valence-corrected chi connectivity index (χ1v) is 12.7. The van der Waals surface area contributed by atoms with Crippen LogP contribution < -0.4 is 10.6 Å². The van der Waals surface area contributed by atoms with Crippen molar-refractivity contribution in [3.63, 3.8) is 0 Å². The summed E-state index contributed by atoms with van der Waals surface area (Å²) in [7, 11) is 2.16. The second-order valence-electron chi connectivity index (χ2n) is 10.3. The van der Waals surface area contributed by atoms with Gasteiger partial charge in [0.25, 0.3) is 5.91 Å². The van der Waals surface area contributed by atoms with E-state index in [1.54, 1.807) is 0 Å². The Morgan fingerprint density at radius 2 is 1.88 bits per heavy atom. The average molecular weight is 450 g/mol. The number of nitrogens with zero attached hydrogens (tertiary/aromatic N) is 1. The lowest BCUT2D eigenvalue weighted by molar-refractivity contribution is 0.0953. The number of carbonyl (C=O) groups excluding carboxylic acids is 1. The SMILES string of the molecule is CCc1cccc(C2(NCCCNC(=O)c3cc(C)cc(CN(C)CCC(C)C)c3)CC2)c1. The van der Waals surface area contributed by atoms with Gasteiger partial charge in [-0.3, -0.25) is 4.79 Å². The number of rotatable bonds is 13. The molecule has 1 fully saturated rings. The van der Waals surface area contributed by atoms with Crippen molar-refractivity contribution in [1.82, 2.24) is 15.5 Å². The van der Waals surface area contributed by atoms with Gasteiger partial charge in [-0.15, -0.1) is 0 Å². The van der Waals surface area contributed by atoms with E-state index in [1.807, 2.05) is 12.1 Å². The molecule has 0 aromatic heterocycles. The molecule has 0 atom stereocenters. The Kier molecular flexibility index (Phi) is 9.10. The van der Waals surface area contributed by atoms with E-state index in [1.165, 1.54) is 36.0 Å². The van der Waals surface area contributed by atoms with Crippen molar-refractivity contribution in [1.29, 1.82) is 0 Å². The second kappa shape index (κ2) is 11.8. The monoisotopic (exact) mass is 449 g/mol. The zero-order chi connectivity index (χ0) is 23.8. The smallest absolute Gasteiger partial charge is 0.251 e. The first-order valence-electron chi connectivity index (χ1n) is 12.7. The number of hydrogen-bond donors (Lipinski definition) is 2. The number of carbonyl (C=O) groups is 1. The molecule has 4 nitrogen and oxygen atoms in total. The molecule has 0 saturated heterocycles. The first-order chi connectivity index (χ1) is 15.8. The fourth-order valence-corrected chi connectivity index (χ4v) is 4.46. The Balaban J connectivity index is 1.44. The van der Waals surface area contributed by atoms with Crippen LogP contribution in [-0.4, -0.2) is 37.5 Å². The van der Waals surface area contributed by atoms with Gasteiger partial charge in [0.05, 0.1) is 0 Å². The van der Waals surface area contributed by atoms with Gasteiger partial charge in [-0.05, 0) is 93.9 Å². The van der Waals surface area contributed by atoms with Crippen LogP contribution in [0.1, 0.15) is 79.1 Å². The Morgan fingerprint density at radius 1 is 1.09 bits per heavy atom. The van der Waals surface area contributed by atoms with Gasteiger partial charge in [0, 0.05) is 24.2 Å². The highest BCUT2D eigenvalue weighted by atomic mass is 16.1. The molecule has 0 radical (unpaired) electrons. The van der Waals surface area contributed by atoms with Crippen molar-refractivity contribution in [2.24, 2.45) is 5.92 Å². The summed E-state index contributed by atoms with van der Waals surface area (Å²) in [5.74, 6) is 0.735. The summed E-state index contributed by atoms with van der Waals surface area (Å²) in [6.45, 7) is 12.3. The molecular formula is C29H43N3O. The summed E-state index contributed by atoms with van der Waals surface area (Å²) >= 11 is 0. The number of amides is 1. The maximum atomic E-state index is 12.8. The van der Waals surface area contributed by atoms with E-state index in [0.717, 1.165) is 43.6 Å². The van der Waals surface area contributed by atoms with Crippen LogP contribution in [0, 0.1) is 12.8 Å². The quantitative estimate of drug-likeness (QED) is 0.401. The highest BCUT2D eigenvalue weighted by Gasteiger charge is 2.43. The van der Waals surface area contributed by atoms with Crippen LogP contribution in [0.3, 0.4) is 0 Å². The molecule has 1 aliphatic carbocycles. The molecule has 0 unspecified atom stereocenters. The maximum absolute atomic E-state index is 12.8. The standard InChI is InChI=1S/C29H43N3O/c1-6-24-9-7-10-27(20-24)29(12-13-29)31-15-8-14-30-28(33)26-18-23(4)17-25(19-26)21-32(5)16-11-22(2)3/h7,9-10,17-20,22,31H,6,8,11-16,21H2,1-5H3,(H,30,33). The molecule has 2 aromatic rings. The molecule has 33 heavy (non-hydrogen) atoms. The molecule has 1 aliphatic rings. The van der Waals surface area contributed by atoms with E-state index >= 15 is 0 Å². The largest absolute Gasteiger partial charge is 0.352 e. The van der Waals surface area contributed by atoms with E-state index in [-0.39, 0.29) is 11.4 Å². The number of nitrogens with one attached hydrogen (secondary N) is 2. The van der Waals surface area contributed by atoms with Crippen molar-refractivity contribution in [3.8, 4) is 0 Å². The summed E-state index contributed by atoms with van der Waals surface area (Å²) in [6, 6.07) is 15.2. The third kappa shape index (κ3) is 7.68. The molecule has 0 heterocycles. The molecule has 0 spiro atoms. The van der Waals surface area contributed by atoms with Crippen molar-refractivity contribution in [3.05, 3.63) is 70.3 Å². The fraction of sp³-hybridized carbons (Fsp3) is 0.552. The second-order valence-corrected chi connectivity index (χ2v) is 10.3. The maximum Gasteiger partial charge on any atom is 0.251 e. The van der Waals surface area contributed by atoms with E-state index in [2.05, 4.69) is 80.6 Å². The van der Waals surface area contributed by atoms with E-state index in [0.29, 0.717) is 12.5 Å². The minimum Gasteiger partial charge on any atom is -0.352 e. The fourth-order valence-electron chi connectivity index (χ4n) is 4.46. The lowest BCUT2D eigenvalue weighted by Crippen LogP contribution is -2.33. The summed E-state index contributed by atoms with van der Waals surface area (Å²) < 4.78 is 0. The number of aryl methyl sites for hydroxylation is 2. The highest BCUT2D eigenvalue weighted by molar-refractivity contribution is 5.94. The minimum atomic E-state index is 0.0292. The van der Waals surface area contributed by atoms with Crippen molar-refractivity contribution in [2.75, 3.05) is 26.7 Å². The van der Waals surface area contributed by atoms with Gasteiger partial charge in [-0.1, -0.05) is 56.7 Å². The van der Waals surface area contributed by atoms with Crippen LogP contribution in [0.5, 0.6) is 0 Å². The van der Waals surface area contributed by atoms with Crippen LogP contribution in [0.15, 0.2) is 42.5 Å². The Labute approximate surface area is 201 Å². The summed E-state index contributed by atoms with van der Waals surface area (Å²) in [5, 5.41) is 6.87. The molecular weight excluding hydrogens is 406 g/mol. The molecule has 2 N–H and O–H groups in total. The Morgan fingerprint density at radius 3 is 2.58 bits per heavy atom. The van der Waals surface area contributed by atoms with Gasteiger partial charge in [0.1, 0.15) is 0 Å². The molecule has 1 amide bonds. The molecule has 1 saturated carbocycles. The van der Waals surface area contributed by atoms with Crippen LogP contribution >= 0.6 is 0 Å². The van der Waals surface area contributed by atoms with Gasteiger partial charge in [-0.2, -0.15) is 0 Å². The summed E-state index contributed by atoms with van der Waals surface area (Å²) in [5.41, 5.74) is 6.08. The number of hydrogen-bond acceptors (Lipinski definition) is 3. The molecule has 4 heteroatoms. The van der Waals surface area contributed by atoms with Gasteiger partial charge in [-0.25, -0.2) is 0 Å². The van der Waals surface area contributed by atoms with Crippen molar-refractivity contribution >= 4 is 5.91 Å². The first kappa shape index (κ1) is 25.5. The van der Waals surface area contributed by atoms with Crippen LogP contribution in [-0.2, 0) is 18.5 Å². The predicted octanol–water partition coefficient (Wildman–Crippen LogP) is 5.43. The third-order valence-corrected chi connectivity index (χ3v) is 6.68. The lowest BCUT2D eigenvalue weighted by Gasteiger charge is -2.19. The molecule has 0 aliphatic heterocycles. The van der Waals surface area contributed by atoms with Gasteiger partial charge >= 0.3 is 0 Å². The lowest BCUT2D eigenvalue weighted by atomic mass is 10.0.